The predicted molar refractivity (Wildman–Crippen MR) is 104 cm³/mol. The van der Waals surface area contributed by atoms with Crippen molar-refractivity contribution in [2.75, 3.05) is 27.4 Å². The maximum atomic E-state index is 12.7. The van der Waals surface area contributed by atoms with Gasteiger partial charge in [0, 0.05) is 12.1 Å². The van der Waals surface area contributed by atoms with E-state index >= 15 is 0 Å². The molecule has 0 spiro atoms. The number of aromatic hydroxyl groups is 1. The van der Waals surface area contributed by atoms with Crippen LogP contribution < -0.4 is 9.47 Å². The van der Waals surface area contributed by atoms with Crippen LogP contribution in [0.1, 0.15) is 17.2 Å². The average molecular weight is 399 g/mol. The van der Waals surface area contributed by atoms with E-state index in [0.717, 1.165) is 0 Å². The van der Waals surface area contributed by atoms with Crippen molar-refractivity contribution in [2.45, 2.75) is 6.04 Å². The molecule has 0 aliphatic carbocycles. The van der Waals surface area contributed by atoms with Crippen LogP contribution in [0.5, 0.6) is 17.2 Å². The smallest absolute Gasteiger partial charge is 0.295 e. The largest absolute Gasteiger partial charge is 0.508 e. The number of hydrogen-bond acceptors (Lipinski definition) is 7. The molecule has 1 heterocycles. The number of carbonyl (C=O) groups excluding carboxylic acids is 2. The lowest BCUT2D eigenvalue weighted by atomic mass is 9.95. The summed E-state index contributed by atoms with van der Waals surface area (Å²) in [5.41, 5.74) is 0.552. The lowest BCUT2D eigenvalue weighted by Gasteiger charge is -2.24. The number of benzene rings is 2. The number of likely N-dealkylation sites (tertiary alicyclic amines) is 1. The molecule has 2 aromatic rings. The number of ether oxygens (including phenoxy) is 2. The Hall–Kier alpha value is -3.52. The van der Waals surface area contributed by atoms with Gasteiger partial charge in [0.15, 0.2) is 11.5 Å². The Morgan fingerprint density at radius 2 is 1.79 bits per heavy atom. The van der Waals surface area contributed by atoms with Gasteiger partial charge in [-0.25, -0.2) is 0 Å². The molecule has 1 aliphatic heterocycles. The molecule has 0 radical (unpaired) electrons. The Bertz CT molecular complexity index is 983. The monoisotopic (exact) mass is 399 g/mol. The Balaban J connectivity index is 2.20. The van der Waals surface area contributed by atoms with E-state index in [1.54, 1.807) is 18.2 Å². The third-order valence-electron chi connectivity index (χ3n) is 4.72. The third kappa shape index (κ3) is 3.62. The molecule has 1 aliphatic rings. The summed E-state index contributed by atoms with van der Waals surface area (Å²) in [6.45, 7) is -0.466. The zero-order valence-corrected chi connectivity index (χ0v) is 16.0. The van der Waals surface area contributed by atoms with Crippen LogP contribution in [0.15, 0.2) is 48.0 Å². The molecule has 0 aromatic heterocycles. The van der Waals surface area contributed by atoms with E-state index in [-0.39, 0.29) is 30.0 Å². The van der Waals surface area contributed by atoms with E-state index in [1.165, 1.54) is 43.4 Å². The summed E-state index contributed by atoms with van der Waals surface area (Å²) in [5, 5.41) is 30.1. The predicted octanol–water partition coefficient (Wildman–Crippen LogP) is 1.82. The summed E-state index contributed by atoms with van der Waals surface area (Å²) in [6, 6.07) is 9.70. The average Bonchev–Trinajstić information content (AvgIpc) is 2.98. The zero-order chi connectivity index (χ0) is 21.1. The number of β-amino-alcohol motifs (C(OH)–C–C–N with tert-alkyl or cyclic N) is 1. The maximum Gasteiger partial charge on any atom is 0.295 e. The first-order valence-corrected chi connectivity index (χ1v) is 8.83. The molecule has 29 heavy (non-hydrogen) atoms. The number of carbonyl (C=O) groups is 2. The van der Waals surface area contributed by atoms with Crippen molar-refractivity contribution in [2.24, 2.45) is 0 Å². The Morgan fingerprint density at radius 1 is 1.07 bits per heavy atom. The van der Waals surface area contributed by atoms with E-state index in [0.29, 0.717) is 17.1 Å². The van der Waals surface area contributed by atoms with Crippen molar-refractivity contribution in [3.63, 3.8) is 0 Å². The molecule has 1 saturated heterocycles. The zero-order valence-electron chi connectivity index (χ0n) is 16.0. The van der Waals surface area contributed by atoms with Crippen LogP contribution in [-0.2, 0) is 9.59 Å². The van der Waals surface area contributed by atoms with E-state index in [9.17, 15) is 24.9 Å². The minimum absolute atomic E-state index is 0.0526. The summed E-state index contributed by atoms with van der Waals surface area (Å²) in [6.07, 6.45) is 0. The summed E-state index contributed by atoms with van der Waals surface area (Å²) >= 11 is 0. The Morgan fingerprint density at radius 3 is 2.41 bits per heavy atom. The molecule has 0 saturated carbocycles. The molecular weight excluding hydrogens is 378 g/mol. The van der Waals surface area contributed by atoms with Crippen molar-refractivity contribution in [3.8, 4) is 17.2 Å². The fraction of sp³-hybridized carbons (Fsp3) is 0.238. The molecule has 1 atom stereocenters. The first kappa shape index (κ1) is 20.2. The summed E-state index contributed by atoms with van der Waals surface area (Å²) in [4.78, 5) is 26.5. The van der Waals surface area contributed by atoms with Crippen LogP contribution in [0.4, 0.5) is 0 Å². The number of hydrogen-bond donors (Lipinski definition) is 3. The highest BCUT2D eigenvalue weighted by Gasteiger charge is 2.45. The van der Waals surface area contributed by atoms with Gasteiger partial charge in [0.25, 0.3) is 11.7 Å². The SMILES string of the molecule is COc1ccc(/C(O)=C2/C(=O)C(=O)N(CCO)C2c2cccc(O)c2)cc1OC. The number of amides is 1. The standard InChI is InChI=1S/C21H21NO7/c1-28-15-7-6-13(11-16(15)29-2)19(25)17-18(12-4-3-5-14(24)10-12)22(8-9-23)21(27)20(17)26/h3-7,10-11,18,23-25H,8-9H2,1-2H3/b19-17-. The first-order chi connectivity index (χ1) is 13.9. The van der Waals surface area contributed by atoms with E-state index < -0.39 is 23.5 Å². The third-order valence-corrected chi connectivity index (χ3v) is 4.72. The molecule has 1 amide bonds. The van der Waals surface area contributed by atoms with E-state index in [1.807, 2.05) is 0 Å². The van der Waals surface area contributed by atoms with Crippen LogP contribution in [0.3, 0.4) is 0 Å². The second kappa shape index (κ2) is 8.24. The Labute approximate surface area is 167 Å². The van der Waals surface area contributed by atoms with Crippen LogP contribution in [0.25, 0.3) is 5.76 Å². The number of nitrogens with zero attached hydrogens (tertiary/aromatic N) is 1. The number of ketones is 1. The number of Topliss-reactive ketones (excluding diaryl/α,β-unsaturated/α-hetero) is 1. The quantitative estimate of drug-likeness (QED) is 0.385. The molecular formula is C21H21NO7. The molecule has 8 heteroatoms. The van der Waals surface area contributed by atoms with Gasteiger partial charge in [-0.1, -0.05) is 12.1 Å². The molecule has 1 fully saturated rings. The van der Waals surface area contributed by atoms with Gasteiger partial charge in [-0.05, 0) is 35.9 Å². The normalized spacial score (nSPS) is 18.2. The maximum absolute atomic E-state index is 12.7. The topological polar surface area (TPSA) is 117 Å². The number of rotatable bonds is 6. The molecule has 0 bridgehead atoms. The number of phenolic OH excluding ortho intramolecular Hbond substituents is 1. The van der Waals surface area contributed by atoms with Crippen LogP contribution in [-0.4, -0.2) is 59.3 Å². The Kier molecular flexibility index (Phi) is 5.74. The molecule has 1 unspecified atom stereocenters. The molecule has 152 valence electrons. The summed E-state index contributed by atoms with van der Waals surface area (Å²) in [7, 11) is 2.91. The highest BCUT2D eigenvalue weighted by atomic mass is 16.5. The number of aliphatic hydroxyl groups excluding tert-OH is 2. The highest BCUT2D eigenvalue weighted by molar-refractivity contribution is 6.46. The fourth-order valence-electron chi connectivity index (χ4n) is 3.40. The van der Waals surface area contributed by atoms with Gasteiger partial charge in [-0.15, -0.1) is 0 Å². The van der Waals surface area contributed by atoms with Gasteiger partial charge >= 0.3 is 0 Å². The second-order valence-corrected chi connectivity index (χ2v) is 6.38. The lowest BCUT2D eigenvalue weighted by Crippen LogP contribution is -2.32. The molecule has 3 N–H and O–H groups in total. The van der Waals surface area contributed by atoms with Gasteiger partial charge in [-0.3, -0.25) is 9.59 Å². The van der Waals surface area contributed by atoms with E-state index in [2.05, 4.69) is 0 Å². The van der Waals surface area contributed by atoms with Crippen molar-refractivity contribution >= 4 is 17.4 Å². The van der Waals surface area contributed by atoms with Crippen molar-refractivity contribution < 1.29 is 34.4 Å². The number of methoxy groups -OCH3 is 2. The van der Waals surface area contributed by atoms with Crippen molar-refractivity contribution in [1.82, 2.24) is 4.90 Å². The first-order valence-electron chi connectivity index (χ1n) is 8.83. The second-order valence-electron chi connectivity index (χ2n) is 6.38. The van der Waals surface area contributed by atoms with Gasteiger partial charge in [0.1, 0.15) is 11.5 Å². The van der Waals surface area contributed by atoms with Crippen LogP contribution >= 0.6 is 0 Å². The van der Waals surface area contributed by atoms with Crippen LogP contribution in [0.2, 0.25) is 0 Å². The highest BCUT2D eigenvalue weighted by Crippen LogP contribution is 2.41. The number of aliphatic hydroxyl groups is 2. The minimum Gasteiger partial charge on any atom is -0.508 e. The van der Waals surface area contributed by atoms with Gasteiger partial charge in [0.2, 0.25) is 0 Å². The van der Waals surface area contributed by atoms with Crippen molar-refractivity contribution in [1.29, 1.82) is 0 Å². The van der Waals surface area contributed by atoms with Crippen LogP contribution in [0, 0.1) is 0 Å². The van der Waals surface area contributed by atoms with Gasteiger partial charge in [0.05, 0.1) is 32.4 Å². The van der Waals surface area contributed by atoms with Crippen molar-refractivity contribution in [3.05, 3.63) is 59.2 Å². The van der Waals surface area contributed by atoms with Gasteiger partial charge in [-0.2, -0.15) is 0 Å². The fourth-order valence-corrected chi connectivity index (χ4v) is 3.40. The molecule has 8 nitrogen and oxygen atoms in total. The molecule has 2 aromatic carbocycles. The molecule has 3 rings (SSSR count). The van der Waals surface area contributed by atoms with E-state index in [4.69, 9.17) is 9.47 Å². The summed E-state index contributed by atoms with van der Waals surface area (Å²) < 4.78 is 10.4. The van der Waals surface area contributed by atoms with Gasteiger partial charge < -0.3 is 29.7 Å². The lowest BCUT2D eigenvalue weighted by molar-refractivity contribution is -0.140. The minimum atomic E-state index is -0.956. The summed E-state index contributed by atoms with van der Waals surface area (Å²) in [5.74, 6) is -1.38. The number of phenols is 1.